The fourth-order valence-corrected chi connectivity index (χ4v) is 14.4. The molecule has 354 valence electrons. The second kappa shape index (κ2) is 16.7. The van der Waals surface area contributed by atoms with Crippen LogP contribution in [0.2, 0.25) is 0 Å². The molecule has 0 amide bonds. The fraction of sp³-hybridized carbons (Fsp3) is 0.0137. The predicted molar refractivity (Wildman–Crippen MR) is 320 cm³/mol. The summed E-state index contributed by atoms with van der Waals surface area (Å²) in [5, 5.41) is 2.66. The summed E-state index contributed by atoms with van der Waals surface area (Å²) < 4.78 is 2.63. The third kappa shape index (κ3) is 6.15. The Morgan fingerprint density at radius 2 is 0.803 bits per heavy atom. The van der Waals surface area contributed by atoms with Gasteiger partial charge in [0.15, 0.2) is 0 Å². The van der Waals surface area contributed by atoms with Crippen LogP contribution in [0.15, 0.2) is 279 Å². The molecule has 2 nitrogen and oxygen atoms in total. The van der Waals surface area contributed by atoms with Crippen LogP contribution in [0, 0.1) is 0 Å². The van der Waals surface area contributed by atoms with Gasteiger partial charge in [-0.2, -0.15) is 0 Å². The Kier molecular flexibility index (Phi) is 9.45. The van der Waals surface area contributed by atoms with Gasteiger partial charge in [-0.25, -0.2) is 0 Å². The smallest absolute Gasteiger partial charge is 0.0726 e. The minimum Gasteiger partial charge on any atom is -0.310 e. The molecule has 76 heavy (non-hydrogen) atoms. The molecule has 1 atom stereocenters. The van der Waals surface area contributed by atoms with Gasteiger partial charge < -0.3 is 9.80 Å². The quantitative estimate of drug-likeness (QED) is 0.170. The highest BCUT2D eigenvalue weighted by atomic mass is 32.1. The average molecular weight is 983 g/mol. The van der Waals surface area contributed by atoms with E-state index in [-0.39, 0.29) is 0 Å². The van der Waals surface area contributed by atoms with E-state index in [4.69, 9.17) is 0 Å². The molecule has 0 N–H and O–H groups in total. The topological polar surface area (TPSA) is 6.48 Å². The summed E-state index contributed by atoms with van der Waals surface area (Å²) >= 11 is 1.90. The van der Waals surface area contributed by atoms with Gasteiger partial charge >= 0.3 is 0 Å². The number of benzene rings is 12. The zero-order valence-electron chi connectivity index (χ0n) is 41.4. The molecule has 0 fully saturated rings. The van der Waals surface area contributed by atoms with E-state index in [1.165, 1.54) is 109 Å². The molecule has 13 aromatic rings. The Labute approximate surface area is 446 Å². The summed E-state index contributed by atoms with van der Waals surface area (Å²) in [6.07, 6.45) is 0. The summed E-state index contributed by atoms with van der Waals surface area (Å²) in [6, 6.07) is 104. The van der Waals surface area contributed by atoms with E-state index in [1.54, 1.807) is 0 Å². The molecular formula is C73H46N2S. The van der Waals surface area contributed by atoms with Crippen molar-refractivity contribution >= 4 is 65.6 Å². The lowest BCUT2D eigenvalue weighted by atomic mass is 9.65. The highest BCUT2D eigenvalue weighted by Crippen LogP contribution is 2.64. The van der Waals surface area contributed by atoms with Crippen LogP contribution in [-0.4, -0.2) is 0 Å². The van der Waals surface area contributed by atoms with Gasteiger partial charge in [-0.05, 0) is 151 Å². The van der Waals surface area contributed by atoms with Crippen LogP contribution in [-0.2, 0) is 5.41 Å². The first-order chi connectivity index (χ1) is 37.7. The molecule has 1 aliphatic heterocycles. The molecule has 3 aliphatic rings. The van der Waals surface area contributed by atoms with Gasteiger partial charge in [0.2, 0.25) is 0 Å². The number of thiophene rings is 1. The van der Waals surface area contributed by atoms with Crippen LogP contribution in [0.4, 0.5) is 34.1 Å². The molecule has 16 rings (SSSR count). The van der Waals surface area contributed by atoms with Crippen molar-refractivity contribution in [2.24, 2.45) is 0 Å². The highest BCUT2D eigenvalue weighted by molar-refractivity contribution is 7.26. The molecule has 0 radical (unpaired) electrons. The van der Waals surface area contributed by atoms with Crippen LogP contribution in [0.3, 0.4) is 0 Å². The monoisotopic (exact) mass is 982 g/mol. The first kappa shape index (κ1) is 42.9. The van der Waals surface area contributed by atoms with E-state index in [0.717, 1.165) is 34.1 Å². The first-order valence-electron chi connectivity index (χ1n) is 26.2. The average Bonchev–Trinajstić information content (AvgIpc) is 4.18. The van der Waals surface area contributed by atoms with E-state index in [9.17, 15) is 0 Å². The Hall–Kier alpha value is -9.54. The molecular weight excluding hydrogens is 937 g/mol. The van der Waals surface area contributed by atoms with Crippen LogP contribution in [0.5, 0.6) is 0 Å². The molecule has 0 saturated heterocycles. The van der Waals surface area contributed by atoms with E-state index >= 15 is 0 Å². The molecule has 0 bridgehead atoms. The number of hydrogen-bond acceptors (Lipinski definition) is 3. The molecule has 1 spiro atoms. The maximum absolute atomic E-state index is 2.55. The van der Waals surface area contributed by atoms with E-state index < -0.39 is 5.41 Å². The van der Waals surface area contributed by atoms with Crippen molar-refractivity contribution in [3.05, 3.63) is 301 Å². The predicted octanol–water partition coefficient (Wildman–Crippen LogP) is 20.3. The molecule has 3 heteroatoms. The molecule has 12 aromatic carbocycles. The second-order valence-electron chi connectivity index (χ2n) is 20.3. The number of rotatable bonds is 5. The standard InChI is InChI=1S/C73H46N2S/c1-3-19-47(20-4-1)48-35-37-50(38-36-48)74(51-39-41-55-58-26-11-16-32-67(58)75(49-21-5-2-6-22-49)68-33-17-12-27-59(68)62(55)45-51)52-40-42-57-54-24-8-7-23-53(54)56-25-9-14-30-63(56)73(66(57)46-52)64-31-15-10-28-60(64)71-65(73)43-44-70-72(71)61-29-13-18-34-69(61)76-70/h1-46H. The van der Waals surface area contributed by atoms with Crippen molar-refractivity contribution in [2.75, 3.05) is 9.80 Å². The Bertz CT molecular complexity index is 4480. The van der Waals surface area contributed by atoms with Crippen LogP contribution in [0.1, 0.15) is 22.3 Å². The lowest BCUT2D eigenvalue weighted by Gasteiger charge is -2.36. The van der Waals surface area contributed by atoms with Crippen LogP contribution >= 0.6 is 11.3 Å². The first-order valence-corrected chi connectivity index (χ1v) is 27.1. The van der Waals surface area contributed by atoms with E-state index in [1.807, 2.05) is 11.3 Å². The van der Waals surface area contributed by atoms with Crippen LogP contribution < -0.4 is 9.80 Å². The molecule has 0 saturated carbocycles. The van der Waals surface area contributed by atoms with Crippen molar-refractivity contribution in [2.45, 2.75) is 5.41 Å². The second-order valence-corrected chi connectivity index (χ2v) is 21.3. The maximum atomic E-state index is 2.55. The van der Waals surface area contributed by atoms with Gasteiger partial charge in [0.05, 0.1) is 16.8 Å². The minimum absolute atomic E-state index is 0.676. The van der Waals surface area contributed by atoms with Crippen molar-refractivity contribution in [1.29, 1.82) is 0 Å². The van der Waals surface area contributed by atoms with Crippen molar-refractivity contribution in [3.63, 3.8) is 0 Å². The third-order valence-electron chi connectivity index (χ3n) is 16.4. The minimum atomic E-state index is -0.676. The Morgan fingerprint density at radius 3 is 1.53 bits per heavy atom. The maximum Gasteiger partial charge on any atom is 0.0726 e. The van der Waals surface area contributed by atoms with Gasteiger partial charge in [-0.3, -0.25) is 0 Å². The number of anilines is 6. The summed E-state index contributed by atoms with van der Waals surface area (Å²) in [5.41, 5.74) is 25.9. The number of nitrogens with zero attached hydrogens (tertiary/aromatic N) is 2. The summed E-state index contributed by atoms with van der Waals surface area (Å²) in [4.78, 5) is 4.92. The number of fused-ring (bicyclic) bond motifs is 21. The van der Waals surface area contributed by atoms with Crippen molar-refractivity contribution in [1.82, 2.24) is 0 Å². The largest absolute Gasteiger partial charge is 0.310 e. The lowest BCUT2D eigenvalue weighted by molar-refractivity contribution is 0.776. The summed E-state index contributed by atoms with van der Waals surface area (Å²) in [7, 11) is 0. The van der Waals surface area contributed by atoms with Crippen molar-refractivity contribution < 1.29 is 0 Å². The highest BCUT2D eigenvalue weighted by Gasteiger charge is 2.50. The summed E-state index contributed by atoms with van der Waals surface area (Å²) in [6.45, 7) is 0. The summed E-state index contributed by atoms with van der Waals surface area (Å²) in [5.74, 6) is 0. The van der Waals surface area contributed by atoms with Crippen molar-refractivity contribution in [3.8, 4) is 66.8 Å². The zero-order valence-corrected chi connectivity index (χ0v) is 42.2. The van der Waals surface area contributed by atoms with Gasteiger partial charge in [-0.15, -0.1) is 11.3 Å². The van der Waals surface area contributed by atoms with Crippen LogP contribution in [0.25, 0.3) is 86.9 Å². The van der Waals surface area contributed by atoms with Gasteiger partial charge in [0.1, 0.15) is 0 Å². The van der Waals surface area contributed by atoms with Gasteiger partial charge in [-0.1, -0.05) is 206 Å². The molecule has 1 aromatic heterocycles. The Morgan fingerprint density at radius 1 is 0.303 bits per heavy atom. The SMILES string of the molecule is c1ccc(-c2ccc(N(c3ccc4c(c3)-c3ccccc3N(c3ccccc3)c3ccccc3-4)c3ccc4c(c3)C3(c5ccccc5-c5ccccc5-4)c4ccccc4-c4c3ccc3sc5ccccc5c43)cc2)cc1. The van der Waals surface area contributed by atoms with E-state index in [0.29, 0.717) is 0 Å². The van der Waals surface area contributed by atoms with Gasteiger partial charge in [0, 0.05) is 54.0 Å². The molecule has 1 unspecified atom stereocenters. The Balaban J connectivity index is 0.991. The molecule has 2 heterocycles. The molecule has 2 aliphatic carbocycles. The zero-order chi connectivity index (χ0) is 49.9. The van der Waals surface area contributed by atoms with E-state index in [2.05, 4.69) is 289 Å². The fourth-order valence-electron chi connectivity index (χ4n) is 13.3. The normalized spacial score (nSPS) is 14.3. The number of hydrogen-bond donors (Lipinski definition) is 0. The third-order valence-corrected chi connectivity index (χ3v) is 17.6. The van der Waals surface area contributed by atoms with Gasteiger partial charge in [0.25, 0.3) is 0 Å². The number of para-hydroxylation sites is 3. The lowest BCUT2D eigenvalue weighted by Crippen LogP contribution is -2.29.